The highest BCUT2D eigenvalue weighted by molar-refractivity contribution is 7.89. The Labute approximate surface area is 169 Å². The monoisotopic (exact) mass is 414 g/mol. The number of benzene rings is 3. The SMILES string of the molecule is O=C(c1ccc(Cl)cc1)N1CCN(S(=O)(=O)c2ccc3ccccc3c2)CC1. The number of piperazine rings is 1. The molecule has 144 valence electrons. The maximum atomic E-state index is 13.0. The van der Waals surface area contributed by atoms with E-state index in [1.54, 1.807) is 41.3 Å². The van der Waals surface area contributed by atoms with E-state index in [2.05, 4.69) is 0 Å². The van der Waals surface area contributed by atoms with E-state index < -0.39 is 10.0 Å². The lowest BCUT2D eigenvalue weighted by Crippen LogP contribution is -2.50. The number of carbonyl (C=O) groups is 1. The Balaban J connectivity index is 1.49. The molecule has 5 nitrogen and oxygen atoms in total. The Morgan fingerprint density at radius 1 is 0.821 bits per heavy atom. The van der Waals surface area contributed by atoms with E-state index in [1.165, 1.54) is 4.31 Å². The molecule has 7 heteroatoms. The highest BCUT2D eigenvalue weighted by atomic mass is 35.5. The molecule has 0 saturated carbocycles. The summed E-state index contributed by atoms with van der Waals surface area (Å²) in [5.74, 6) is -0.112. The van der Waals surface area contributed by atoms with Crippen LogP contribution in [0, 0.1) is 0 Å². The summed E-state index contributed by atoms with van der Waals surface area (Å²) in [5.41, 5.74) is 0.551. The second kappa shape index (κ2) is 7.54. The summed E-state index contributed by atoms with van der Waals surface area (Å²) in [6.45, 7) is 1.26. The van der Waals surface area contributed by atoms with Crippen LogP contribution in [0.1, 0.15) is 10.4 Å². The van der Waals surface area contributed by atoms with Gasteiger partial charge < -0.3 is 4.90 Å². The second-order valence-corrected chi connectivity index (χ2v) is 9.09. The zero-order valence-corrected chi connectivity index (χ0v) is 16.7. The van der Waals surface area contributed by atoms with Crippen LogP contribution in [0.4, 0.5) is 0 Å². The van der Waals surface area contributed by atoms with Crippen molar-refractivity contribution < 1.29 is 13.2 Å². The Hall–Kier alpha value is -2.41. The summed E-state index contributed by atoms with van der Waals surface area (Å²) in [4.78, 5) is 14.6. The van der Waals surface area contributed by atoms with Crippen LogP contribution in [0.5, 0.6) is 0 Å². The standard InChI is InChI=1S/C21H19ClN2O3S/c22-19-8-5-17(6-9-19)21(25)23-11-13-24(14-12-23)28(26,27)20-10-7-16-3-1-2-4-18(16)15-20/h1-10,15H,11-14H2. The number of carbonyl (C=O) groups excluding carboxylic acids is 1. The molecule has 1 aliphatic heterocycles. The van der Waals surface area contributed by atoms with Gasteiger partial charge in [-0.3, -0.25) is 4.79 Å². The quantitative estimate of drug-likeness (QED) is 0.657. The van der Waals surface area contributed by atoms with Crippen molar-refractivity contribution in [1.82, 2.24) is 9.21 Å². The van der Waals surface area contributed by atoms with E-state index in [0.29, 0.717) is 23.7 Å². The molecule has 28 heavy (non-hydrogen) atoms. The lowest BCUT2D eigenvalue weighted by molar-refractivity contribution is 0.0698. The summed E-state index contributed by atoms with van der Waals surface area (Å²) >= 11 is 5.87. The number of nitrogens with zero attached hydrogens (tertiary/aromatic N) is 2. The number of sulfonamides is 1. The van der Waals surface area contributed by atoms with Crippen LogP contribution in [-0.4, -0.2) is 49.7 Å². The van der Waals surface area contributed by atoms with Gasteiger partial charge in [0, 0.05) is 36.8 Å². The molecule has 1 saturated heterocycles. The molecular formula is C21H19ClN2O3S. The van der Waals surface area contributed by atoms with E-state index >= 15 is 0 Å². The van der Waals surface area contributed by atoms with Gasteiger partial charge in [0.1, 0.15) is 0 Å². The van der Waals surface area contributed by atoms with Gasteiger partial charge in [0.2, 0.25) is 10.0 Å². The van der Waals surface area contributed by atoms with Gasteiger partial charge in [0.15, 0.2) is 0 Å². The van der Waals surface area contributed by atoms with Gasteiger partial charge in [-0.1, -0.05) is 41.9 Å². The third kappa shape index (κ3) is 3.63. The molecule has 0 bridgehead atoms. The van der Waals surface area contributed by atoms with Crippen molar-refractivity contribution in [3.8, 4) is 0 Å². The molecule has 1 amide bonds. The van der Waals surface area contributed by atoms with Crippen molar-refractivity contribution in [1.29, 1.82) is 0 Å². The average Bonchev–Trinajstić information content (AvgIpc) is 2.73. The van der Waals surface area contributed by atoms with Gasteiger partial charge in [-0.15, -0.1) is 0 Å². The van der Waals surface area contributed by atoms with Crippen LogP contribution >= 0.6 is 11.6 Å². The van der Waals surface area contributed by atoms with E-state index in [-0.39, 0.29) is 23.9 Å². The molecule has 0 aliphatic carbocycles. The van der Waals surface area contributed by atoms with E-state index in [9.17, 15) is 13.2 Å². The zero-order chi connectivity index (χ0) is 19.7. The van der Waals surface area contributed by atoms with Gasteiger partial charge in [-0.05, 0) is 47.2 Å². The molecular weight excluding hydrogens is 396 g/mol. The summed E-state index contributed by atoms with van der Waals surface area (Å²) in [7, 11) is -3.59. The van der Waals surface area contributed by atoms with Gasteiger partial charge >= 0.3 is 0 Å². The first kappa shape index (κ1) is 18.9. The molecule has 0 aromatic heterocycles. The zero-order valence-electron chi connectivity index (χ0n) is 15.1. The minimum atomic E-state index is -3.59. The first-order chi connectivity index (χ1) is 13.4. The summed E-state index contributed by atoms with van der Waals surface area (Å²) in [5, 5.41) is 2.46. The van der Waals surface area contributed by atoms with Crippen molar-refractivity contribution in [2.75, 3.05) is 26.2 Å². The van der Waals surface area contributed by atoms with Crippen molar-refractivity contribution in [3.05, 3.63) is 77.3 Å². The molecule has 0 atom stereocenters. The third-order valence-electron chi connectivity index (χ3n) is 4.98. The van der Waals surface area contributed by atoms with Crippen LogP contribution in [0.15, 0.2) is 71.6 Å². The van der Waals surface area contributed by atoms with E-state index in [0.717, 1.165) is 10.8 Å². The largest absolute Gasteiger partial charge is 0.336 e. The fraction of sp³-hybridized carbons (Fsp3) is 0.190. The molecule has 0 N–H and O–H groups in total. The highest BCUT2D eigenvalue weighted by Crippen LogP contribution is 2.23. The molecule has 0 spiro atoms. The Morgan fingerprint density at radius 2 is 1.46 bits per heavy atom. The Bertz CT molecular complexity index is 1120. The molecule has 4 rings (SSSR count). The van der Waals surface area contributed by atoms with Crippen LogP contribution in [0.25, 0.3) is 10.8 Å². The normalized spacial score (nSPS) is 15.7. The maximum absolute atomic E-state index is 13.0. The Morgan fingerprint density at radius 3 is 2.14 bits per heavy atom. The molecule has 0 unspecified atom stereocenters. The van der Waals surface area contributed by atoms with E-state index in [1.807, 2.05) is 30.3 Å². The van der Waals surface area contributed by atoms with Gasteiger partial charge in [-0.25, -0.2) is 8.42 Å². The van der Waals surface area contributed by atoms with Gasteiger partial charge in [-0.2, -0.15) is 4.31 Å². The molecule has 1 aliphatic rings. The minimum absolute atomic E-state index is 0.112. The van der Waals surface area contributed by atoms with Crippen molar-refractivity contribution in [2.45, 2.75) is 4.90 Å². The first-order valence-corrected chi connectivity index (χ1v) is 10.8. The molecule has 1 fully saturated rings. The van der Waals surface area contributed by atoms with Crippen molar-refractivity contribution in [3.63, 3.8) is 0 Å². The fourth-order valence-electron chi connectivity index (χ4n) is 3.38. The minimum Gasteiger partial charge on any atom is -0.336 e. The molecule has 0 radical (unpaired) electrons. The predicted octanol–water partition coefficient (Wildman–Crippen LogP) is 3.64. The van der Waals surface area contributed by atoms with Crippen LogP contribution < -0.4 is 0 Å². The smallest absolute Gasteiger partial charge is 0.253 e. The third-order valence-corrected chi connectivity index (χ3v) is 7.12. The number of fused-ring (bicyclic) bond motifs is 1. The van der Waals surface area contributed by atoms with Crippen LogP contribution in [0.2, 0.25) is 5.02 Å². The fourth-order valence-corrected chi connectivity index (χ4v) is 4.97. The number of amides is 1. The number of rotatable bonds is 3. The summed E-state index contributed by atoms with van der Waals surface area (Å²) < 4.78 is 27.5. The predicted molar refractivity (Wildman–Crippen MR) is 110 cm³/mol. The number of halogens is 1. The Kier molecular flexibility index (Phi) is 5.10. The van der Waals surface area contributed by atoms with Crippen molar-refractivity contribution in [2.24, 2.45) is 0 Å². The van der Waals surface area contributed by atoms with Gasteiger partial charge in [0.05, 0.1) is 4.90 Å². The molecule has 3 aromatic carbocycles. The van der Waals surface area contributed by atoms with Gasteiger partial charge in [0.25, 0.3) is 5.91 Å². The number of hydrogen-bond acceptors (Lipinski definition) is 3. The van der Waals surface area contributed by atoms with Crippen molar-refractivity contribution >= 4 is 38.3 Å². The lowest BCUT2D eigenvalue weighted by atomic mass is 10.1. The molecule has 1 heterocycles. The first-order valence-electron chi connectivity index (χ1n) is 8.99. The summed E-state index contributed by atoms with van der Waals surface area (Å²) in [6.07, 6.45) is 0. The number of hydrogen-bond donors (Lipinski definition) is 0. The van der Waals surface area contributed by atoms with Crippen LogP contribution in [-0.2, 0) is 10.0 Å². The summed E-state index contributed by atoms with van der Waals surface area (Å²) in [6, 6.07) is 19.6. The van der Waals surface area contributed by atoms with E-state index in [4.69, 9.17) is 11.6 Å². The topological polar surface area (TPSA) is 57.7 Å². The maximum Gasteiger partial charge on any atom is 0.253 e. The van der Waals surface area contributed by atoms with Crippen LogP contribution in [0.3, 0.4) is 0 Å². The second-order valence-electron chi connectivity index (χ2n) is 6.71. The lowest BCUT2D eigenvalue weighted by Gasteiger charge is -2.34. The molecule has 3 aromatic rings. The highest BCUT2D eigenvalue weighted by Gasteiger charge is 2.30. The average molecular weight is 415 g/mol.